The summed E-state index contributed by atoms with van der Waals surface area (Å²) in [5.41, 5.74) is 1.18. The van der Waals surface area contributed by atoms with E-state index in [2.05, 4.69) is 9.97 Å². The Morgan fingerprint density at radius 2 is 2.07 bits per heavy atom. The van der Waals surface area contributed by atoms with Gasteiger partial charge in [0.1, 0.15) is 11.3 Å². The van der Waals surface area contributed by atoms with Crippen molar-refractivity contribution in [2.75, 3.05) is 19.0 Å². The quantitative estimate of drug-likeness (QED) is 0.674. The molecule has 5 nitrogen and oxygen atoms in total. The summed E-state index contributed by atoms with van der Waals surface area (Å²) in [6.45, 7) is 0. The highest BCUT2D eigenvalue weighted by atomic mass is 16.1. The Labute approximate surface area is 87.0 Å². The molecule has 2 aromatic heterocycles. The van der Waals surface area contributed by atoms with Gasteiger partial charge >= 0.3 is 0 Å². The van der Waals surface area contributed by atoms with Gasteiger partial charge in [0.25, 0.3) is 5.56 Å². The molecule has 0 saturated heterocycles. The lowest BCUT2D eigenvalue weighted by Crippen LogP contribution is -2.19. The lowest BCUT2D eigenvalue weighted by Gasteiger charge is -2.12. The van der Waals surface area contributed by atoms with Crippen LogP contribution < -0.4 is 10.5 Å². The van der Waals surface area contributed by atoms with Gasteiger partial charge in [-0.05, 0) is 12.1 Å². The SMILES string of the molecule is CN(C)c1ccc2ncc(=O)n(C)c2n1. The van der Waals surface area contributed by atoms with Crippen molar-refractivity contribution in [1.82, 2.24) is 14.5 Å². The average Bonchev–Trinajstić information content (AvgIpc) is 2.23. The molecule has 0 aliphatic carbocycles. The highest BCUT2D eigenvalue weighted by molar-refractivity contribution is 5.72. The number of nitrogens with zero attached hydrogens (tertiary/aromatic N) is 4. The lowest BCUT2D eigenvalue weighted by molar-refractivity contribution is 0.870. The Morgan fingerprint density at radius 3 is 2.73 bits per heavy atom. The number of anilines is 1. The summed E-state index contributed by atoms with van der Waals surface area (Å²) in [5.74, 6) is 0.811. The first-order valence-electron chi connectivity index (χ1n) is 4.59. The van der Waals surface area contributed by atoms with E-state index in [-0.39, 0.29) is 5.56 Å². The highest BCUT2D eigenvalue weighted by Gasteiger charge is 2.04. The minimum atomic E-state index is -0.147. The van der Waals surface area contributed by atoms with Crippen molar-refractivity contribution in [3.63, 3.8) is 0 Å². The van der Waals surface area contributed by atoms with Crippen LogP contribution in [0.25, 0.3) is 11.2 Å². The standard InChI is InChI=1S/C10H12N4O/c1-13(2)8-5-4-7-10(12-8)14(3)9(15)6-11-7/h4-6H,1-3H3. The van der Waals surface area contributed by atoms with E-state index in [9.17, 15) is 4.79 Å². The monoisotopic (exact) mass is 204 g/mol. The van der Waals surface area contributed by atoms with Gasteiger partial charge in [0, 0.05) is 21.1 Å². The summed E-state index contributed by atoms with van der Waals surface area (Å²) in [7, 11) is 5.50. The van der Waals surface area contributed by atoms with Gasteiger partial charge in [-0.15, -0.1) is 0 Å². The fourth-order valence-electron chi connectivity index (χ4n) is 1.34. The Hall–Kier alpha value is -1.91. The minimum Gasteiger partial charge on any atom is -0.363 e. The molecule has 0 saturated carbocycles. The van der Waals surface area contributed by atoms with Gasteiger partial charge in [-0.25, -0.2) is 9.97 Å². The van der Waals surface area contributed by atoms with E-state index in [0.717, 1.165) is 11.3 Å². The molecule has 0 unspecified atom stereocenters. The van der Waals surface area contributed by atoms with Crippen LogP contribution in [-0.4, -0.2) is 28.6 Å². The molecule has 78 valence electrons. The molecule has 2 rings (SSSR count). The maximum absolute atomic E-state index is 11.4. The Kier molecular flexibility index (Phi) is 2.15. The normalized spacial score (nSPS) is 10.6. The molecule has 15 heavy (non-hydrogen) atoms. The number of hydrogen-bond acceptors (Lipinski definition) is 4. The van der Waals surface area contributed by atoms with Crippen LogP contribution in [0.5, 0.6) is 0 Å². The second-order valence-corrected chi connectivity index (χ2v) is 3.56. The van der Waals surface area contributed by atoms with E-state index in [1.54, 1.807) is 7.05 Å². The summed E-state index contributed by atoms with van der Waals surface area (Å²) >= 11 is 0. The molecule has 0 bridgehead atoms. The fraction of sp³-hybridized carbons (Fsp3) is 0.300. The molecule has 0 amide bonds. The number of hydrogen-bond donors (Lipinski definition) is 0. The summed E-state index contributed by atoms with van der Waals surface area (Å²) in [6.07, 6.45) is 1.30. The number of rotatable bonds is 1. The third-order valence-electron chi connectivity index (χ3n) is 2.26. The van der Waals surface area contributed by atoms with E-state index in [0.29, 0.717) is 5.65 Å². The number of pyridine rings is 1. The van der Waals surface area contributed by atoms with Gasteiger partial charge in [-0.3, -0.25) is 9.36 Å². The molecule has 0 N–H and O–H groups in total. The van der Waals surface area contributed by atoms with Gasteiger partial charge in [-0.1, -0.05) is 0 Å². The van der Waals surface area contributed by atoms with Crippen LogP contribution in [0, 0.1) is 0 Å². The number of aryl methyl sites for hydroxylation is 1. The fourth-order valence-corrected chi connectivity index (χ4v) is 1.34. The number of fused-ring (bicyclic) bond motifs is 1. The van der Waals surface area contributed by atoms with Crippen molar-refractivity contribution in [2.45, 2.75) is 0 Å². The maximum atomic E-state index is 11.4. The zero-order valence-electron chi connectivity index (χ0n) is 8.93. The van der Waals surface area contributed by atoms with Crippen molar-refractivity contribution in [1.29, 1.82) is 0 Å². The first-order chi connectivity index (χ1) is 7.09. The molecule has 0 spiro atoms. The molecule has 0 radical (unpaired) electrons. The molecular weight excluding hydrogens is 192 g/mol. The second kappa shape index (κ2) is 3.34. The van der Waals surface area contributed by atoms with Crippen LogP contribution in [0.1, 0.15) is 0 Å². The second-order valence-electron chi connectivity index (χ2n) is 3.56. The van der Waals surface area contributed by atoms with Gasteiger partial charge in [0.15, 0.2) is 5.65 Å². The van der Waals surface area contributed by atoms with Gasteiger partial charge in [0.05, 0.1) is 6.20 Å². The van der Waals surface area contributed by atoms with Crippen molar-refractivity contribution >= 4 is 17.0 Å². The van der Waals surface area contributed by atoms with Crippen LogP contribution >= 0.6 is 0 Å². The third-order valence-corrected chi connectivity index (χ3v) is 2.26. The predicted octanol–water partition coefficient (Wildman–Crippen LogP) is 0.394. The van der Waals surface area contributed by atoms with E-state index in [1.165, 1.54) is 10.8 Å². The van der Waals surface area contributed by atoms with Crippen LogP contribution in [0.3, 0.4) is 0 Å². The number of aromatic nitrogens is 3. The smallest absolute Gasteiger partial charge is 0.270 e. The lowest BCUT2D eigenvalue weighted by atomic mass is 10.4. The largest absolute Gasteiger partial charge is 0.363 e. The van der Waals surface area contributed by atoms with E-state index < -0.39 is 0 Å². The zero-order chi connectivity index (χ0) is 11.0. The first-order valence-corrected chi connectivity index (χ1v) is 4.59. The molecule has 0 aliphatic heterocycles. The first kappa shape index (κ1) is 9.64. The minimum absolute atomic E-state index is 0.147. The van der Waals surface area contributed by atoms with Gasteiger partial charge in [0.2, 0.25) is 0 Å². The van der Waals surface area contributed by atoms with Gasteiger partial charge in [-0.2, -0.15) is 0 Å². The topological polar surface area (TPSA) is 51.0 Å². The maximum Gasteiger partial charge on any atom is 0.270 e. The zero-order valence-corrected chi connectivity index (χ0v) is 8.93. The Balaban J connectivity index is 2.79. The van der Waals surface area contributed by atoms with E-state index in [4.69, 9.17) is 0 Å². The average molecular weight is 204 g/mol. The highest BCUT2D eigenvalue weighted by Crippen LogP contribution is 2.12. The van der Waals surface area contributed by atoms with Crippen molar-refractivity contribution in [3.8, 4) is 0 Å². The summed E-state index contributed by atoms with van der Waals surface area (Å²) in [5, 5.41) is 0. The van der Waals surface area contributed by atoms with E-state index >= 15 is 0 Å². The summed E-state index contributed by atoms with van der Waals surface area (Å²) < 4.78 is 1.50. The molecular formula is C10H12N4O. The van der Waals surface area contributed by atoms with Crippen LogP contribution in [-0.2, 0) is 7.05 Å². The van der Waals surface area contributed by atoms with E-state index in [1.807, 2.05) is 31.1 Å². The molecule has 5 heteroatoms. The predicted molar refractivity (Wildman–Crippen MR) is 59.1 cm³/mol. The summed E-state index contributed by atoms with van der Waals surface area (Å²) in [4.78, 5) is 21.6. The molecule has 0 aliphatic rings. The summed E-state index contributed by atoms with van der Waals surface area (Å²) in [6, 6.07) is 3.73. The van der Waals surface area contributed by atoms with Crippen molar-refractivity contribution in [2.24, 2.45) is 7.05 Å². The van der Waals surface area contributed by atoms with Crippen LogP contribution in [0.2, 0.25) is 0 Å². The molecule has 0 aromatic carbocycles. The molecule has 0 fully saturated rings. The van der Waals surface area contributed by atoms with Crippen LogP contribution in [0.4, 0.5) is 5.82 Å². The molecule has 0 atom stereocenters. The molecule has 2 aromatic rings. The third kappa shape index (κ3) is 1.56. The van der Waals surface area contributed by atoms with Crippen molar-refractivity contribution in [3.05, 3.63) is 28.7 Å². The Bertz CT molecular complexity index is 559. The van der Waals surface area contributed by atoms with Crippen molar-refractivity contribution < 1.29 is 0 Å². The molecule has 2 heterocycles. The Morgan fingerprint density at radius 1 is 1.33 bits per heavy atom. The van der Waals surface area contributed by atoms with Crippen LogP contribution in [0.15, 0.2) is 23.1 Å². The van der Waals surface area contributed by atoms with Gasteiger partial charge < -0.3 is 4.90 Å².